The van der Waals surface area contributed by atoms with E-state index in [-0.39, 0.29) is 11.5 Å². The summed E-state index contributed by atoms with van der Waals surface area (Å²) in [6.07, 6.45) is 0.777. The second-order valence-electron chi connectivity index (χ2n) is 12.0. The molecule has 48 heavy (non-hydrogen) atoms. The Labute approximate surface area is 282 Å². The molecule has 0 radical (unpaired) electrons. The van der Waals surface area contributed by atoms with Crippen LogP contribution >= 0.6 is 0 Å². The third kappa shape index (κ3) is 5.72. The molecule has 3 nitrogen and oxygen atoms in total. The molecule has 7 rings (SSSR count). The average Bonchev–Trinajstić information content (AvgIpc) is 3.15. The second-order valence-corrected chi connectivity index (χ2v) is 12.0. The maximum Gasteiger partial charge on any atom is 0.115 e. The first-order chi connectivity index (χ1) is 23.6. The maximum atomic E-state index is 10.2. The first-order valence-corrected chi connectivity index (χ1v) is 16.4. The zero-order valence-electron chi connectivity index (χ0n) is 26.9. The molecule has 0 aromatic heterocycles. The molecule has 0 heterocycles. The summed E-state index contributed by atoms with van der Waals surface area (Å²) in [5, 5.41) is 20.3. The number of hydrogen-bond acceptors (Lipinski definition) is 3. The highest BCUT2D eigenvalue weighted by Crippen LogP contribution is 2.47. The number of hydrogen-bond donors (Lipinski definition) is 2. The van der Waals surface area contributed by atoms with Crippen molar-refractivity contribution in [3.05, 3.63) is 199 Å². The normalized spacial score (nSPS) is 11.3. The summed E-state index contributed by atoms with van der Waals surface area (Å²) in [6, 6.07) is 62.1. The van der Waals surface area contributed by atoms with E-state index in [2.05, 4.69) is 145 Å². The van der Waals surface area contributed by atoms with E-state index in [0.29, 0.717) is 0 Å². The van der Waals surface area contributed by atoms with E-state index in [1.807, 2.05) is 24.3 Å². The van der Waals surface area contributed by atoms with Crippen molar-refractivity contribution in [2.45, 2.75) is 18.8 Å². The summed E-state index contributed by atoms with van der Waals surface area (Å²) < 4.78 is 0. The number of anilines is 3. The van der Waals surface area contributed by atoms with Gasteiger partial charge in [0.2, 0.25) is 0 Å². The van der Waals surface area contributed by atoms with E-state index in [1.54, 1.807) is 24.3 Å². The number of nitrogens with zero attached hydrogens (tertiary/aromatic N) is 1. The lowest BCUT2D eigenvalue weighted by Gasteiger charge is -2.36. The number of para-hydroxylation sites is 2. The summed E-state index contributed by atoms with van der Waals surface area (Å²) in [7, 11) is 0. The van der Waals surface area contributed by atoms with Gasteiger partial charge in [-0.1, -0.05) is 140 Å². The molecule has 0 aliphatic rings. The first kappa shape index (κ1) is 30.6. The summed E-state index contributed by atoms with van der Waals surface area (Å²) in [6.45, 7) is 2.19. The summed E-state index contributed by atoms with van der Waals surface area (Å²) in [5.74, 6) is 0.462. The largest absolute Gasteiger partial charge is 0.508 e. The topological polar surface area (TPSA) is 43.7 Å². The zero-order valence-corrected chi connectivity index (χ0v) is 26.9. The summed E-state index contributed by atoms with van der Waals surface area (Å²) in [5.41, 5.74) is 10.5. The van der Waals surface area contributed by atoms with Crippen molar-refractivity contribution in [1.29, 1.82) is 0 Å². The third-order valence-electron chi connectivity index (χ3n) is 9.33. The highest BCUT2D eigenvalue weighted by molar-refractivity contribution is 5.93. The molecule has 0 atom stereocenters. The Morgan fingerprint density at radius 1 is 0.417 bits per heavy atom. The van der Waals surface area contributed by atoms with Gasteiger partial charge in [0.05, 0.1) is 11.4 Å². The molecule has 7 aromatic carbocycles. The van der Waals surface area contributed by atoms with Crippen LogP contribution in [0.2, 0.25) is 0 Å². The number of phenolic OH excluding ortho intramolecular Hbond substituents is 2. The van der Waals surface area contributed by atoms with Gasteiger partial charge >= 0.3 is 0 Å². The lowest BCUT2D eigenvalue weighted by Crippen LogP contribution is -2.28. The Morgan fingerprint density at radius 3 is 1.17 bits per heavy atom. The summed E-state index contributed by atoms with van der Waals surface area (Å²) >= 11 is 0. The average molecular weight is 624 g/mol. The maximum absolute atomic E-state index is 10.2. The van der Waals surface area contributed by atoms with Crippen LogP contribution in [0.4, 0.5) is 17.1 Å². The molecule has 0 saturated carbocycles. The van der Waals surface area contributed by atoms with E-state index in [0.717, 1.165) is 62.4 Å². The highest BCUT2D eigenvalue weighted by atomic mass is 16.3. The predicted octanol–water partition coefficient (Wildman–Crippen LogP) is 11.6. The predicted molar refractivity (Wildman–Crippen MR) is 198 cm³/mol. The molecule has 0 unspecified atom stereocenters. The van der Waals surface area contributed by atoms with Crippen LogP contribution in [0.15, 0.2) is 182 Å². The third-order valence-corrected chi connectivity index (χ3v) is 9.33. The number of rotatable bonds is 9. The van der Waals surface area contributed by atoms with Gasteiger partial charge in [0.25, 0.3) is 0 Å². The van der Waals surface area contributed by atoms with Crippen molar-refractivity contribution in [2.75, 3.05) is 4.90 Å². The molecule has 0 saturated heterocycles. The molecule has 0 bridgehead atoms. The van der Waals surface area contributed by atoms with Gasteiger partial charge in [-0.2, -0.15) is 0 Å². The number of phenols is 2. The van der Waals surface area contributed by atoms with Gasteiger partial charge in [0.1, 0.15) is 11.5 Å². The van der Waals surface area contributed by atoms with E-state index in [4.69, 9.17) is 0 Å². The van der Waals surface area contributed by atoms with Crippen LogP contribution in [-0.4, -0.2) is 10.2 Å². The zero-order chi connectivity index (χ0) is 32.9. The van der Waals surface area contributed by atoms with Crippen molar-refractivity contribution in [3.63, 3.8) is 0 Å². The lowest BCUT2D eigenvalue weighted by atomic mass is 9.67. The van der Waals surface area contributed by atoms with Gasteiger partial charge in [0, 0.05) is 22.2 Å². The van der Waals surface area contributed by atoms with Crippen molar-refractivity contribution in [1.82, 2.24) is 0 Å². The second kappa shape index (κ2) is 13.4. The van der Waals surface area contributed by atoms with Crippen LogP contribution in [0.5, 0.6) is 11.5 Å². The fourth-order valence-electron chi connectivity index (χ4n) is 6.97. The van der Waals surface area contributed by atoms with E-state index < -0.39 is 5.41 Å². The molecule has 0 spiro atoms. The van der Waals surface area contributed by atoms with Gasteiger partial charge in [-0.3, -0.25) is 0 Å². The van der Waals surface area contributed by atoms with Crippen LogP contribution in [0.1, 0.15) is 30.0 Å². The van der Waals surface area contributed by atoms with Crippen molar-refractivity contribution in [2.24, 2.45) is 0 Å². The quantitative estimate of drug-likeness (QED) is 0.157. The van der Waals surface area contributed by atoms with Gasteiger partial charge < -0.3 is 15.1 Å². The molecule has 234 valence electrons. The fourth-order valence-corrected chi connectivity index (χ4v) is 6.97. The molecule has 7 aromatic rings. The van der Waals surface area contributed by atoms with E-state index in [9.17, 15) is 10.2 Å². The lowest BCUT2D eigenvalue weighted by molar-refractivity contribution is 0.473. The summed E-state index contributed by atoms with van der Waals surface area (Å²) in [4.78, 5) is 2.36. The minimum atomic E-state index is -0.505. The molecule has 0 aliphatic heterocycles. The Kier molecular flexibility index (Phi) is 8.51. The Balaban J connectivity index is 1.44. The molecule has 3 heteroatoms. The fraction of sp³-hybridized carbons (Fsp3) is 0.0667. The Bertz CT molecular complexity index is 1980. The standard InChI is InChI=1S/C45H37NO2/c1-2-45(36-23-29-39(47)30-24-36,37-25-31-40(48)32-26-37)35-21-27-38(28-22-35)46(43-19-11-9-17-41(43)33-13-5-3-6-14-33)44-20-12-10-18-42(44)34-15-7-4-8-16-34/h3-32,47-48H,2H2,1H3. The minimum absolute atomic E-state index is 0.231. The molecule has 0 aliphatic carbocycles. The van der Waals surface area contributed by atoms with Gasteiger partial charge in [-0.05, 0) is 82.8 Å². The Morgan fingerprint density at radius 2 is 0.771 bits per heavy atom. The molecular formula is C45H37NO2. The van der Waals surface area contributed by atoms with Crippen LogP contribution in [0.3, 0.4) is 0 Å². The van der Waals surface area contributed by atoms with Crippen LogP contribution in [-0.2, 0) is 5.41 Å². The van der Waals surface area contributed by atoms with Crippen LogP contribution in [0.25, 0.3) is 22.3 Å². The SMILES string of the molecule is CCC(c1ccc(O)cc1)(c1ccc(O)cc1)c1ccc(N(c2ccccc2-c2ccccc2)c2ccccc2-c2ccccc2)cc1. The van der Waals surface area contributed by atoms with E-state index in [1.165, 1.54) is 0 Å². The van der Waals surface area contributed by atoms with Crippen molar-refractivity contribution in [3.8, 4) is 33.8 Å². The molecular weight excluding hydrogens is 587 g/mol. The van der Waals surface area contributed by atoms with Crippen LogP contribution < -0.4 is 4.90 Å². The van der Waals surface area contributed by atoms with E-state index >= 15 is 0 Å². The molecule has 2 N–H and O–H groups in total. The Hall–Kier alpha value is -6.06. The number of benzene rings is 7. The monoisotopic (exact) mass is 623 g/mol. The van der Waals surface area contributed by atoms with Gasteiger partial charge in [-0.25, -0.2) is 0 Å². The molecule has 0 fully saturated rings. The van der Waals surface area contributed by atoms with Gasteiger partial charge in [0.15, 0.2) is 0 Å². The molecule has 0 amide bonds. The van der Waals surface area contributed by atoms with Gasteiger partial charge in [-0.15, -0.1) is 0 Å². The smallest absolute Gasteiger partial charge is 0.115 e. The number of aromatic hydroxyl groups is 2. The first-order valence-electron chi connectivity index (χ1n) is 16.4. The van der Waals surface area contributed by atoms with Crippen LogP contribution in [0, 0.1) is 0 Å². The van der Waals surface area contributed by atoms with Crippen molar-refractivity contribution < 1.29 is 10.2 Å². The van der Waals surface area contributed by atoms with Crippen molar-refractivity contribution >= 4 is 17.1 Å². The highest BCUT2D eigenvalue weighted by Gasteiger charge is 2.35. The minimum Gasteiger partial charge on any atom is -0.508 e.